The zero-order valence-electron chi connectivity index (χ0n) is 12.3. The fourth-order valence-electron chi connectivity index (χ4n) is 2.45. The largest absolute Gasteiger partial charge is 0.504 e. The van der Waals surface area contributed by atoms with Crippen LogP contribution >= 0.6 is 0 Å². The molecule has 22 heavy (non-hydrogen) atoms. The van der Waals surface area contributed by atoms with Crippen LogP contribution in [0.25, 0.3) is 0 Å². The van der Waals surface area contributed by atoms with E-state index in [4.69, 9.17) is 0 Å². The molecule has 1 fully saturated rings. The predicted octanol–water partition coefficient (Wildman–Crippen LogP) is 0.777. The topological polar surface area (TPSA) is 107 Å². The maximum absolute atomic E-state index is 12.6. The smallest absolute Gasteiger partial charge is 0.243 e. The Kier molecular flexibility index (Phi) is 4.92. The van der Waals surface area contributed by atoms with Gasteiger partial charge in [0, 0.05) is 19.2 Å². The molecule has 1 aliphatic rings. The number of hydrogen-bond donors (Lipinski definition) is 3. The third-order valence-corrected chi connectivity index (χ3v) is 5.51. The molecule has 0 aromatic heterocycles. The number of rotatable bonds is 5. The Labute approximate surface area is 129 Å². The minimum Gasteiger partial charge on any atom is -0.504 e. The summed E-state index contributed by atoms with van der Waals surface area (Å²) in [6.45, 7) is 2.68. The van der Waals surface area contributed by atoms with Crippen molar-refractivity contribution >= 4 is 15.9 Å². The molecule has 1 atom stereocenters. The van der Waals surface area contributed by atoms with Crippen molar-refractivity contribution in [1.82, 2.24) is 9.62 Å². The molecule has 7 nitrogen and oxygen atoms in total. The summed E-state index contributed by atoms with van der Waals surface area (Å²) in [4.78, 5) is 12.0. The molecule has 1 aromatic rings. The Balaban J connectivity index is 2.27. The Morgan fingerprint density at radius 3 is 2.73 bits per heavy atom. The van der Waals surface area contributed by atoms with Gasteiger partial charge in [-0.3, -0.25) is 4.79 Å². The van der Waals surface area contributed by atoms with Gasteiger partial charge in [0.2, 0.25) is 15.9 Å². The number of aromatic hydroxyl groups is 2. The first-order valence-corrected chi connectivity index (χ1v) is 8.63. The number of sulfonamides is 1. The van der Waals surface area contributed by atoms with Crippen LogP contribution in [-0.4, -0.2) is 48.0 Å². The fourth-order valence-corrected chi connectivity index (χ4v) is 4.13. The molecule has 0 radical (unpaired) electrons. The molecule has 0 saturated carbocycles. The van der Waals surface area contributed by atoms with Crippen LogP contribution in [0.3, 0.4) is 0 Å². The van der Waals surface area contributed by atoms with E-state index in [1.165, 1.54) is 6.07 Å². The summed E-state index contributed by atoms with van der Waals surface area (Å²) < 4.78 is 26.4. The van der Waals surface area contributed by atoms with E-state index in [0.29, 0.717) is 19.4 Å². The van der Waals surface area contributed by atoms with Crippen LogP contribution < -0.4 is 5.32 Å². The first-order valence-electron chi connectivity index (χ1n) is 7.19. The summed E-state index contributed by atoms with van der Waals surface area (Å²) in [6.07, 6.45) is 1.85. The molecule has 8 heteroatoms. The average molecular weight is 328 g/mol. The summed E-state index contributed by atoms with van der Waals surface area (Å²) >= 11 is 0. The van der Waals surface area contributed by atoms with Gasteiger partial charge in [-0.1, -0.05) is 6.92 Å². The van der Waals surface area contributed by atoms with Crippen molar-refractivity contribution in [2.24, 2.45) is 0 Å². The number of phenolic OH excluding ortho intramolecular Hbond substituents is 2. The van der Waals surface area contributed by atoms with Gasteiger partial charge in [0.25, 0.3) is 0 Å². The van der Waals surface area contributed by atoms with Gasteiger partial charge in [-0.25, -0.2) is 8.42 Å². The highest BCUT2D eigenvalue weighted by Gasteiger charge is 2.39. The Morgan fingerprint density at radius 1 is 1.36 bits per heavy atom. The second-order valence-corrected chi connectivity index (χ2v) is 7.11. The average Bonchev–Trinajstić information content (AvgIpc) is 2.97. The molecule has 2 rings (SSSR count). The van der Waals surface area contributed by atoms with Crippen molar-refractivity contribution in [1.29, 1.82) is 0 Å². The van der Waals surface area contributed by atoms with Gasteiger partial charge in [-0.2, -0.15) is 4.31 Å². The molecule has 1 aromatic carbocycles. The summed E-state index contributed by atoms with van der Waals surface area (Å²) in [5, 5.41) is 21.5. The fraction of sp³-hybridized carbons (Fsp3) is 0.500. The first kappa shape index (κ1) is 16.6. The Hall–Kier alpha value is -1.80. The number of carbonyl (C=O) groups excluding carboxylic acids is 1. The summed E-state index contributed by atoms with van der Waals surface area (Å²) in [6, 6.07) is 2.59. The van der Waals surface area contributed by atoms with Crippen molar-refractivity contribution in [2.45, 2.75) is 37.1 Å². The van der Waals surface area contributed by atoms with Crippen molar-refractivity contribution in [2.75, 3.05) is 13.1 Å². The second kappa shape index (κ2) is 6.53. The minimum atomic E-state index is -3.90. The van der Waals surface area contributed by atoms with Gasteiger partial charge >= 0.3 is 0 Å². The normalized spacial score (nSPS) is 19.2. The maximum atomic E-state index is 12.6. The molecular formula is C14H20N2O5S. The lowest BCUT2D eigenvalue weighted by Gasteiger charge is -2.23. The van der Waals surface area contributed by atoms with E-state index in [0.717, 1.165) is 22.9 Å². The lowest BCUT2D eigenvalue weighted by atomic mass is 10.2. The predicted molar refractivity (Wildman–Crippen MR) is 80.0 cm³/mol. The van der Waals surface area contributed by atoms with Crippen molar-refractivity contribution in [3.05, 3.63) is 18.2 Å². The van der Waals surface area contributed by atoms with E-state index < -0.39 is 27.6 Å². The number of nitrogens with one attached hydrogen (secondary N) is 1. The Morgan fingerprint density at radius 2 is 2.09 bits per heavy atom. The maximum Gasteiger partial charge on any atom is 0.243 e. The van der Waals surface area contributed by atoms with E-state index in [2.05, 4.69) is 5.32 Å². The van der Waals surface area contributed by atoms with Gasteiger partial charge < -0.3 is 15.5 Å². The van der Waals surface area contributed by atoms with E-state index in [-0.39, 0.29) is 17.3 Å². The molecule has 122 valence electrons. The standard InChI is InChI=1S/C14H20N2O5S/c1-2-7-15-14(19)11-4-3-8-16(11)22(20,21)10-5-6-12(17)13(18)9-10/h5-6,9,11,17-18H,2-4,7-8H2,1H3,(H,15,19)/t11-/m0/s1. The zero-order valence-corrected chi connectivity index (χ0v) is 13.1. The summed E-state index contributed by atoms with van der Waals surface area (Å²) in [7, 11) is -3.90. The van der Waals surface area contributed by atoms with E-state index in [1.807, 2.05) is 6.92 Å². The summed E-state index contributed by atoms with van der Waals surface area (Å²) in [5.74, 6) is -1.20. The van der Waals surface area contributed by atoms with Crippen molar-refractivity contribution < 1.29 is 23.4 Å². The van der Waals surface area contributed by atoms with Crippen LogP contribution in [0.15, 0.2) is 23.1 Å². The van der Waals surface area contributed by atoms with Crippen molar-refractivity contribution in [3.8, 4) is 11.5 Å². The molecule has 1 saturated heterocycles. The number of phenols is 2. The van der Waals surface area contributed by atoms with Crippen LogP contribution in [0.1, 0.15) is 26.2 Å². The number of amides is 1. The van der Waals surface area contributed by atoms with Crippen molar-refractivity contribution in [3.63, 3.8) is 0 Å². The van der Waals surface area contributed by atoms with Gasteiger partial charge in [0.15, 0.2) is 11.5 Å². The van der Waals surface area contributed by atoms with Gasteiger partial charge in [-0.05, 0) is 31.4 Å². The van der Waals surface area contributed by atoms with Gasteiger partial charge in [0.05, 0.1) is 4.90 Å². The minimum absolute atomic E-state index is 0.141. The first-order chi connectivity index (χ1) is 10.4. The molecule has 1 amide bonds. The molecule has 0 aliphatic carbocycles. The lowest BCUT2D eigenvalue weighted by molar-refractivity contribution is -0.124. The molecule has 0 unspecified atom stereocenters. The second-order valence-electron chi connectivity index (χ2n) is 5.22. The molecule has 0 bridgehead atoms. The number of nitrogens with zero attached hydrogens (tertiary/aromatic N) is 1. The highest BCUT2D eigenvalue weighted by atomic mass is 32.2. The molecular weight excluding hydrogens is 308 g/mol. The monoisotopic (exact) mass is 328 g/mol. The summed E-state index contributed by atoms with van der Waals surface area (Å²) in [5.41, 5.74) is 0. The molecule has 3 N–H and O–H groups in total. The highest BCUT2D eigenvalue weighted by molar-refractivity contribution is 7.89. The third kappa shape index (κ3) is 3.17. The van der Waals surface area contributed by atoms with E-state index >= 15 is 0 Å². The molecule has 1 heterocycles. The third-order valence-electron chi connectivity index (χ3n) is 3.61. The molecule has 0 spiro atoms. The van der Waals surface area contributed by atoms with E-state index in [9.17, 15) is 23.4 Å². The van der Waals surface area contributed by atoms with Crippen LogP contribution in [-0.2, 0) is 14.8 Å². The quantitative estimate of drug-likeness (QED) is 0.692. The number of benzene rings is 1. The zero-order chi connectivity index (χ0) is 16.3. The van der Waals surface area contributed by atoms with Gasteiger partial charge in [0.1, 0.15) is 6.04 Å². The van der Waals surface area contributed by atoms with Crippen LogP contribution in [0.4, 0.5) is 0 Å². The molecule has 1 aliphatic heterocycles. The lowest BCUT2D eigenvalue weighted by Crippen LogP contribution is -2.46. The SMILES string of the molecule is CCCNC(=O)[C@@H]1CCCN1S(=O)(=O)c1ccc(O)c(O)c1. The van der Waals surface area contributed by atoms with E-state index in [1.54, 1.807) is 0 Å². The highest BCUT2D eigenvalue weighted by Crippen LogP contribution is 2.31. The number of hydrogen-bond acceptors (Lipinski definition) is 5. The van der Waals surface area contributed by atoms with Crippen LogP contribution in [0, 0.1) is 0 Å². The number of carbonyl (C=O) groups is 1. The van der Waals surface area contributed by atoms with Crippen LogP contribution in [0.5, 0.6) is 11.5 Å². The van der Waals surface area contributed by atoms with Gasteiger partial charge in [-0.15, -0.1) is 0 Å². The Bertz CT molecular complexity index is 659. The van der Waals surface area contributed by atoms with Crippen LogP contribution in [0.2, 0.25) is 0 Å².